The molecule has 21 heavy (non-hydrogen) atoms. The lowest BCUT2D eigenvalue weighted by Crippen LogP contribution is -2.12. The van der Waals surface area contributed by atoms with Gasteiger partial charge in [-0.15, -0.1) is 0 Å². The Kier molecular flexibility index (Phi) is 4.75. The molecular weight excluding hydrogens is 290 g/mol. The number of hydrogen-bond donors (Lipinski definition) is 2. The second-order valence-corrected chi connectivity index (χ2v) is 5.14. The third kappa shape index (κ3) is 3.70. The molecule has 0 radical (unpaired) electrons. The van der Waals surface area contributed by atoms with Gasteiger partial charge in [-0.3, -0.25) is 14.7 Å². The highest BCUT2D eigenvalue weighted by Crippen LogP contribution is 2.21. The number of carbonyl (C=O) groups excluding carboxylic acids is 2. The van der Waals surface area contributed by atoms with E-state index in [1.807, 2.05) is 0 Å². The summed E-state index contributed by atoms with van der Waals surface area (Å²) in [7, 11) is 0. The summed E-state index contributed by atoms with van der Waals surface area (Å²) in [6, 6.07) is 6.51. The standard InChI is InChI=1S/C15H16ClN3O2/c1-3-4-11-8-14(19-18-11)15(21)17-10-5-6-12(9(2)20)13(16)7-10/h5-8H,3-4H2,1-2H3,(H,17,21)(H,18,19). The van der Waals surface area contributed by atoms with Crippen LogP contribution in [0.5, 0.6) is 0 Å². The largest absolute Gasteiger partial charge is 0.321 e. The van der Waals surface area contributed by atoms with Gasteiger partial charge in [0.15, 0.2) is 11.5 Å². The number of aromatic amines is 1. The zero-order chi connectivity index (χ0) is 15.4. The number of rotatable bonds is 5. The van der Waals surface area contributed by atoms with Crippen LogP contribution in [-0.2, 0) is 6.42 Å². The van der Waals surface area contributed by atoms with Crippen LogP contribution in [0, 0.1) is 0 Å². The van der Waals surface area contributed by atoms with Gasteiger partial charge in [0, 0.05) is 16.9 Å². The number of Topliss-reactive ketones (excluding diaryl/α,β-unsaturated/α-hetero) is 1. The lowest BCUT2D eigenvalue weighted by atomic mass is 10.1. The fourth-order valence-electron chi connectivity index (χ4n) is 1.95. The Hall–Kier alpha value is -2.14. The average Bonchev–Trinajstić information content (AvgIpc) is 2.87. The van der Waals surface area contributed by atoms with E-state index < -0.39 is 0 Å². The zero-order valence-electron chi connectivity index (χ0n) is 11.9. The Balaban J connectivity index is 2.11. The fraction of sp³-hybridized carbons (Fsp3) is 0.267. The van der Waals surface area contributed by atoms with Gasteiger partial charge in [0.25, 0.3) is 5.91 Å². The SMILES string of the molecule is CCCc1cc(C(=O)Nc2ccc(C(C)=O)c(Cl)c2)n[nH]1. The normalized spacial score (nSPS) is 10.4. The number of nitrogens with zero attached hydrogens (tertiary/aromatic N) is 1. The maximum atomic E-state index is 12.1. The summed E-state index contributed by atoms with van der Waals surface area (Å²) in [5, 5.41) is 9.82. The molecule has 1 aromatic heterocycles. The Labute approximate surface area is 127 Å². The summed E-state index contributed by atoms with van der Waals surface area (Å²) in [6.07, 6.45) is 1.82. The van der Waals surface area contributed by atoms with Crippen LogP contribution in [-0.4, -0.2) is 21.9 Å². The van der Waals surface area contributed by atoms with E-state index in [-0.39, 0.29) is 11.7 Å². The maximum Gasteiger partial charge on any atom is 0.276 e. The third-order valence-electron chi connectivity index (χ3n) is 2.99. The van der Waals surface area contributed by atoms with Crippen molar-refractivity contribution >= 4 is 29.0 Å². The van der Waals surface area contributed by atoms with E-state index >= 15 is 0 Å². The van der Waals surface area contributed by atoms with Crippen LogP contribution in [0.2, 0.25) is 5.02 Å². The minimum absolute atomic E-state index is 0.116. The van der Waals surface area contributed by atoms with Crippen molar-refractivity contribution in [2.45, 2.75) is 26.7 Å². The number of amides is 1. The van der Waals surface area contributed by atoms with Crippen molar-refractivity contribution < 1.29 is 9.59 Å². The van der Waals surface area contributed by atoms with E-state index in [1.54, 1.807) is 24.3 Å². The molecule has 0 unspecified atom stereocenters. The van der Waals surface area contributed by atoms with E-state index in [4.69, 9.17) is 11.6 Å². The molecule has 0 bridgehead atoms. The van der Waals surface area contributed by atoms with Gasteiger partial charge in [0.05, 0.1) is 5.02 Å². The van der Waals surface area contributed by atoms with E-state index in [2.05, 4.69) is 22.4 Å². The second kappa shape index (κ2) is 6.54. The number of halogens is 1. The number of anilines is 1. The van der Waals surface area contributed by atoms with Gasteiger partial charge >= 0.3 is 0 Å². The van der Waals surface area contributed by atoms with Crippen molar-refractivity contribution in [1.82, 2.24) is 10.2 Å². The third-order valence-corrected chi connectivity index (χ3v) is 3.30. The molecule has 1 heterocycles. The topological polar surface area (TPSA) is 74.8 Å². The predicted molar refractivity (Wildman–Crippen MR) is 82.0 cm³/mol. The molecule has 5 nitrogen and oxygen atoms in total. The van der Waals surface area contributed by atoms with Crippen LogP contribution in [0.4, 0.5) is 5.69 Å². The molecule has 0 aliphatic heterocycles. The Morgan fingerprint density at radius 2 is 2.10 bits per heavy atom. The number of aryl methyl sites for hydroxylation is 1. The van der Waals surface area contributed by atoms with Crippen LogP contribution in [0.3, 0.4) is 0 Å². The van der Waals surface area contributed by atoms with Gasteiger partial charge in [0.2, 0.25) is 0 Å². The Morgan fingerprint density at radius 3 is 2.71 bits per heavy atom. The highest BCUT2D eigenvalue weighted by Gasteiger charge is 2.12. The molecule has 0 saturated heterocycles. The summed E-state index contributed by atoms with van der Waals surface area (Å²) < 4.78 is 0. The van der Waals surface area contributed by atoms with Crippen molar-refractivity contribution in [2.75, 3.05) is 5.32 Å². The van der Waals surface area contributed by atoms with Crippen LogP contribution in [0.15, 0.2) is 24.3 Å². The van der Waals surface area contributed by atoms with Gasteiger partial charge in [-0.25, -0.2) is 0 Å². The van der Waals surface area contributed by atoms with Crippen molar-refractivity contribution in [1.29, 1.82) is 0 Å². The average molecular weight is 306 g/mol. The number of ketones is 1. The number of hydrogen-bond acceptors (Lipinski definition) is 3. The van der Waals surface area contributed by atoms with Gasteiger partial charge < -0.3 is 5.32 Å². The molecule has 110 valence electrons. The number of nitrogens with one attached hydrogen (secondary N) is 2. The summed E-state index contributed by atoms with van der Waals surface area (Å²) in [6.45, 7) is 3.50. The van der Waals surface area contributed by atoms with Crippen molar-refractivity contribution in [3.05, 3.63) is 46.2 Å². The molecule has 0 aliphatic rings. The molecule has 2 rings (SSSR count). The number of carbonyl (C=O) groups is 2. The second-order valence-electron chi connectivity index (χ2n) is 4.73. The Morgan fingerprint density at radius 1 is 1.33 bits per heavy atom. The molecule has 1 aromatic carbocycles. The first-order valence-corrected chi connectivity index (χ1v) is 7.05. The summed E-state index contributed by atoms with van der Waals surface area (Å²) in [5.74, 6) is -0.436. The Bertz CT molecular complexity index is 679. The van der Waals surface area contributed by atoms with Gasteiger partial charge in [-0.05, 0) is 37.6 Å². The zero-order valence-corrected chi connectivity index (χ0v) is 12.6. The monoisotopic (exact) mass is 305 g/mol. The maximum absolute atomic E-state index is 12.1. The molecule has 6 heteroatoms. The molecule has 2 N–H and O–H groups in total. The molecular formula is C15H16ClN3O2. The summed E-state index contributed by atoms with van der Waals surface area (Å²) in [4.78, 5) is 23.4. The van der Waals surface area contributed by atoms with Crippen LogP contribution in [0.1, 0.15) is 46.8 Å². The molecule has 1 amide bonds. The van der Waals surface area contributed by atoms with Gasteiger partial charge in [-0.1, -0.05) is 24.9 Å². The summed E-state index contributed by atoms with van der Waals surface area (Å²) in [5.41, 5.74) is 2.20. The molecule has 0 fully saturated rings. The molecule has 0 spiro atoms. The predicted octanol–water partition coefficient (Wildman–Crippen LogP) is 3.47. The van der Waals surface area contributed by atoms with Crippen molar-refractivity contribution in [3.63, 3.8) is 0 Å². The van der Waals surface area contributed by atoms with Crippen molar-refractivity contribution in [2.24, 2.45) is 0 Å². The highest BCUT2D eigenvalue weighted by molar-refractivity contribution is 6.34. The van der Waals surface area contributed by atoms with Crippen LogP contribution in [0.25, 0.3) is 0 Å². The van der Waals surface area contributed by atoms with E-state index in [0.717, 1.165) is 18.5 Å². The van der Waals surface area contributed by atoms with Crippen molar-refractivity contribution in [3.8, 4) is 0 Å². The fourth-order valence-corrected chi connectivity index (χ4v) is 2.26. The lowest BCUT2D eigenvalue weighted by Gasteiger charge is -2.05. The molecule has 0 atom stereocenters. The van der Waals surface area contributed by atoms with E-state index in [9.17, 15) is 9.59 Å². The van der Waals surface area contributed by atoms with E-state index in [0.29, 0.717) is 22.0 Å². The quantitative estimate of drug-likeness (QED) is 0.831. The first kappa shape index (κ1) is 15.3. The minimum Gasteiger partial charge on any atom is -0.321 e. The molecule has 0 saturated carbocycles. The smallest absolute Gasteiger partial charge is 0.276 e. The number of aromatic nitrogens is 2. The molecule has 0 aliphatic carbocycles. The number of H-pyrrole nitrogens is 1. The van der Waals surface area contributed by atoms with Crippen LogP contribution < -0.4 is 5.32 Å². The van der Waals surface area contributed by atoms with Gasteiger partial charge in [-0.2, -0.15) is 5.10 Å². The van der Waals surface area contributed by atoms with E-state index in [1.165, 1.54) is 6.92 Å². The first-order chi connectivity index (χ1) is 10.0. The molecule has 2 aromatic rings. The lowest BCUT2D eigenvalue weighted by molar-refractivity contribution is 0.101. The highest BCUT2D eigenvalue weighted by atomic mass is 35.5. The first-order valence-electron chi connectivity index (χ1n) is 6.67. The minimum atomic E-state index is -0.319. The van der Waals surface area contributed by atoms with Crippen LogP contribution >= 0.6 is 11.6 Å². The summed E-state index contributed by atoms with van der Waals surface area (Å²) >= 11 is 6.01. The number of benzene rings is 1. The van der Waals surface area contributed by atoms with Gasteiger partial charge in [0.1, 0.15) is 0 Å².